The monoisotopic (exact) mass is 513 g/mol. The summed E-state index contributed by atoms with van der Waals surface area (Å²) in [7, 11) is 0. The molecule has 9 heteroatoms. The summed E-state index contributed by atoms with van der Waals surface area (Å²) in [5.41, 5.74) is 4.31. The van der Waals surface area contributed by atoms with Crippen molar-refractivity contribution in [3.8, 4) is 11.3 Å². The van der Waals surface area contributed by atoms with Crippen molar-refractivity contribution < 1.29 is 14.4 Å². The number of nitrogens with zero attached hydrogens (tertiary/aromatic N) is 3. The van der Waals surface area contributed by atoms with Gasteiger partial charge in [0.25, 0.3) is 5.91 Å². The lowest BCUT2D eigenvalue weighted by Crippen LogP contribution is -2.36. The van der Waals surface area contributed by atoms with Crippen molar-refractivity contribution in [2.75, 3.05) is 15.5 Å². The molecule has 0 bridgehead atoms. The van der Waals surface area contributed by atoms with E-state index in [2.05, 4.69) is 15.7 Å². The van der Waals surface area contributed by atoms with Crippen LogP contribution < -0.4 is 15.5 Å². The molecule has 0 spiro atoms. The molecule has 0 atom stereocenters. The zero-order valence-electron chi connectivity index (χ0n) is 20.1. The average Bonchev–Trinajstić information content (AvgIpc) is 3.32. The van der Waals surface area contributed by atoms with Crippen LogP contribution in [0.2, 0.25) is 5.02 Å². The van der Waals surface area contributed by atoms with E-state index in [0.717, 1.165) is 22.6 Å². The van der Waals surface area contributed by atoms with Crippen LogP contribution in [0.25, 0.3) is 11.3 Å². The van der Waals surface area contributed by atoms with E-state index in [9.17, 15) is 14.4 Å². The fourth-order valence-corrected chi connectivity index (χ4v) is 4.39. The molecule has 0 radical (unpaired) electrons. The highest BCUT2D eigenvalue weighted by molar-refractivity contribution is 6.30. The zero-order chi connectivity index (χ0) is 25.9. The maximum absolute atomic E-state index is 12.8. The summed E-state index contributed by atoms with van der Waals surface area (Å²) >= 11 is 6.14. The van der Waals surface area contributed by atoms with Crippen LogP contribution in [0.4, 0.5) is 17.2 Å². The van der Waals surface area contributed by atoms with Gasteiger partial charge in [-0.3, -0.25) is 19.3 Å². The maximum atomic E-state index is 12.8. The van der Waals surface area contributed by atoms with Gasteiger partial charge < -0.3 is 10.6 Å². The van der Waals surface area contributed by atoms with E-state index in [-0.39, 0.29) is 17.7 Å². The molecule has 186 valence electrons. The van der Waals surface area contributed by atoms with Crippen LogP contribution in [0.5, 0.6) is 0 Å². The van der Waals surface area contributed by atoms with Crippen LogP contribution in [0.15, 0.2) is 78.9 Å². The molecule has 4 aromatic rings. The number of rotatable bonds is 6. The predicted molar refractivity (Wildman–Crippen MR) is 144 cm³/mol. The molecule has 37 heavy (non-hydrogen) atoms. The number of anilines is 3. The molecular formula is C28H24ClN5O3. The smallest absolute Gasteiger partial charge is 0.255 e. The third kappa shape index (κ3) is 5.54. The number of fused-ring (bicyclic) bond motifs is 1. The molecule has 5 rings (SSSR count). The number of carbonyl (C=O) groups is 3. The van der Waals surface area contributed by atoms with Gasteiger partial charge in [-0.05, 0) is 54.1 Å². The van der Waals surface area contributed by atoms with Crippen molar-refractivity contribution >= 4 is 46.5 Å². The van der Waals surface area contributed by atoms with E-state index in [1.54, 1.807) is 41.3 Å². The van der Waals surface area contributed by atoms with Gasteiger partial charge in [0.2, 0.25) is 11.8 Å². The molecule has 1 aromatic heterocycles. The van der Waals surface area contributed by atoms with Crippen LogP contribution in [0.1, 0.15) is 29.3 Å². The lowest BCUT2D eigenvalue weighted by molar-refractivity contribution is -0.119. The Balaban J connectivity index is 1.28. The molecule has 2 heterocycles. The van der Waals surface area contributed by atoms with Crippen molar-refractivity contribution in [3.05, 3.63) is 95.0 Å². The minimum absolute atomic E-state index is 0.0228. The van der Waals surface area contributed by atoms with Crippen LogP contribution in [0.3, 0.4) is 0 Å². The summed E-state index contributed by atoms with van der Waals surface area (Å²) in [6, 6.07) is 23.4. The Bertz CT molecular complexity index is 1480. The van der Waals surface area contributed by atoms with Gasteiger partial charge in [-0.1, -0.05) is 35.9 Å². The fraction of sp³-hybridized carbons (Fsp3) is 0.143. The number of carbonyl (C=O) groups excluding carboxylic acids is 3. The number of hydrogen-bond acceptors (Lipinski definition) is 4. The van der Waals surface area contributed by atoms with Crippen molar-refractivity contribution in [1.82, 2.24) is 9.78 Å². The molecule has 8 nitrogen and oxygen atoms in total. The molecule has 1 aliphatic heterocycles. The van der Waals surface area contributed by atoms with Gasteiger partial charge in [0.15, 0.2) is 0 Å². The maximum Gasteiger partial charge on any atom is 0.255 e. The summed E-state index contributed by atoms with van der Waals surface area (Å²) in [5, 5.41) is 10.8. The van der Waals surface area contributed by atoms with Crippen molar-refractivity contribution in [3.63, 3.8) is 0 Å². The number of halogens is 1. The van der Waals surface area contributed by atoms with E-state index in [1.165, 1.54) is 6.92 Å². The summed E-state index contributed by atoms with van der Waals surface area (Å²) < 4.78 is 1.84. The zero-order valence-corrected chi connectivity index (χ0v) is 20.8. The first-order valence-electron chi connectivity index (χ1n) is 11.8. The second kappa shape index (κ2) is 10.3. The lowest BCUT2D eigenvalue weighted by Gasteiger charge is -2.27. The molecule has 0 unspecified atom stereocenters. The van der Waals surface area contributed by atoms with E-state index in [0.29, 0.717) is 41.5 Å². The van der Waals surface area contributed by atoms with Gasteiger partial charge in [-0.25, -0.2) is 4.68 Å². The number of amides is 3. The first-order valence-corrected chi connectivity index (χ1v) is 12.2. The van der Waals surface area contributed by atoms with Crippen LogP contribution in [-0.4, -0.2) is 27.5 Å². The minimum atomic E-state index is -0.253. The summed E-state index contributed by atoms with van der Waals surface area (Å²) in [5.74, 6) is 0.344. The molecule has 1 aliphatic rings. The second-order valence-electron chi connectivity index (χ2n) is 8.76. The molecular weight excluding hydrogens is 490 g/mol. The Kier molecular flexibility index (Phi) is 6.74. The Hall–Kier alpha value is -4.43. The first kappa shape index (κ1) is 24.3. The van der Waals surface area contributed by atoms with Gasteiger partial charge in [0.05, 0.1) is 18.8 Å². The molecule has 3 amide bonds. The number of hydrogen-bond donors (Lipinski definition) is 2. The largest absolute Gasteiger partial charge is 0.326 e. The first-order chi connectivity index (χ1) is 17.9. The number of benzene rings is 3. The second-order valence-corrected chi connectivity index (χ2v) is 9.20. The molecule has 3 aromatic carbocycles. The quantitative estimate of drug-likeness (QED) is 0.363. The van der Waals surface area contributed by atoms with E-state index >= 15 is 0 Å². The minimum Gasteiger partial charge on any atom is -0.326 e. The van der Waals surface area contributed by atoms with Crippen LogP contribution >= 0.6 is 11.6 Å². The fourth-order valence-electron chi connectivity index (χ4n) is 4.20. The van der Waals surface area contributed by atoms with Crippen LogP contribution in [-0.2, 0) is 22.7 Å². The van der Waals surface area contributed by atoms with Gasteiger partial charge in [0.1, 0.15) is 5.82 Å². The summed E-state index contributed by atoms with van der Waals surface area (Å²) in [6.45, 7) is 2.33. The normalized spacial score (nSPS) is 12.7. The molecule has 2 N–H and O–H groups in total. The highest BCUT2D eigenvalue weighted by atomic mass is 35.5. The van der Waals surface area contributed by atoms with Crippen molar-refractivity contribution in [2.45, 2.75) is 26.4 Å². The molecule has 0 saturated carbocycles. The Morgan fingerprint density at radius 1 is 0.946 bits per heavy atom. The summed E-state index contributed by atoms with van der Waals surface area (Å²) in [4.78, 5) is 38.4. The number of aromatic nitrogens is 2. The van der Waals surface area contributed by atoms with Gasteiger partial charge in [-0.2, -0.15) is 5.10 Å². The Labute approximate surface area is 218 Å². The van der Waals surface area contributed by atoms with E-state index < -0.39 is 0 Å². The molecule has 0 fully saturated rings. The topological polar surface area (TPSA) is 96.3 Å². The lowest BCUT2D eigenvalue weighted by atomic mass is 10.1. The Morgan fingerprint density at radius 3 is 2.32 bits per heavy atom. The number of nitrogens with one attached hydrogen (secondary N) is 2. The number of aryl methyl sites for hydroxylation is 1. The Morgan fingerprint density at radius 2 is 1.65 bits per heavy atom. The van der Waals surface area contributed by atoms with Gasteiger partial charge in [0, 0.05) is 46.9 Å². The van der Waals surface area contributed by atoms with Crippen LogP contribution in [0, 0.1) is 0 Å². The van der Waals surface area contributed by atoms with Crippen molar-refractivity contribution in [2.24, 2.45) is 0 Å². The van der Waals surface area contributed by atoms with Gasteiger partial charge >= 0.3 is 0 Å². The average molecular weight is 514 g/mol. The SMILES string of the molecule is CC(=O)Nc1ccc(NC(=O)c2ccc(CN3C(=O)CCn4nc(-c5cccc(Cl)c5)cc43)cc2)cc1. The predicted octanol–water partition coefficient (Wildman–Crippen LogP) is 5.35. The van der Waals surface area contributed by atoms with E-state index in [4.69, 9.17) is 11.6 Å². The van der Waals surface area contributed by atoms with Crippen molar-refractivity contribution in [1.29, 1.82) is 0 Å². The van der Waals surface area contributed by atoms with E-state index in [1.807, 2.05) is 47.1 Å². The highest BCUT2D eigenvalue weighted by Gasteiger charge is 2.26. The third-order valence-corrected chi connectivity index (χ3v) is 6.25. The highest BCUT2D eigenvalue weighted by Crippen LogP contribution is 2.30. The molecule has 0 aliphatic carbocycles. The summed E-state index contributed by atoms with van der Waals surface area (Å²) in [6.07, 6.45) is 0.366. The van der Waals surface area contributed by atoms with Gasteiger partial charge in [-0.15, -0.1) is 0 Å². The standard InChI is InChI=1S/C28H24ClN5O3/c1-18(35)30-23-9-11-24(12-10-23)31-28(37)20-7-5-19(6-8-20)17-33-26-16-25(21-3-2-4-22(29)15-21)32-34(26)14-13-27(33)36/h2-12,15-16H,13-14,17H2,1H3,(H,30,35)(H,31,37). The third-order valence-electron chi connectivity index (χ3n) is 6.01. The molecule has 0 saturated heterocycles.